The summed E-state index contributed by atoms with van der Waals surface area (Å²) in [5.41, 5.74) is 11.0. The van der Waals surface area contributed by atoms with E-state index in [-0.39, 0.29) is 11.9 Å². The number of rotatable bonds is 5. The van der Waals surface area contributed by atoms with Gasteiger partial charge in [0.25, 0.3) is 0 Å². The molecule has 0 unspecified atom stereocenters. The van der Waals surface area contributed by atoms with Gasteiger partial charge in [0, 0.05) is 46.4 Å². The molecule has 35 heavy (non-hydrogen) atoms. The molecule has 1 fully saturated rings. The van der Waals surface area contributed by atoms with E-state index in [1.807, 2.05) is 42.2 Å². The zero-order valence-electron chi connectivity index (χ0n) is 19.3. The Bertz CT molecular complexity index is 1450. The van der Waals surface area contributed by atoms with Crippen LogP contribution >= 0.6 is 11.8 Å². The van der Waals surface area contributed by atoms with Gasteiger partial charge in [-0.2, -0.15) is 15.5 Å². The second kappa shape index (κ2) is 9.44. The monoisotopic (exact) mass is 487 g/mol. The van der Waals surface area contributed by atoms with E-state index >= 15 is 0 Å². The van der Waals surface area contributed by atoms with E-state index in [1.165, 1.54) is 11.8 Å². The Morgan fingerprint density at radius 3 is 2.94 bits per heavy atom. The van der Waals surface area contributed by atoms with Crippen LogP contribution in [0.2, 0.25) is 0 Å². The molecule has 4 aromatic rings. The number of amides is 1. The van der Waals surface area contributed by atoms with Crippen molar-refractivity contribution >= 4 is 28.9 Å². The molecule has 3 aromatic heterocycles. The quantitative estimate of drug-likeness (QED) is 0.442. The van der Waals surface area contributed by atoms with Crippen LogP contribution in [-0.4, -0.2) is 55.0 Å². The highest BCUT2D eigenvalue weighted by molar-refractivity contribution is 7.99. The van der Waals surface area contributed by atoms with Gasteiger partial charge in [0.05, 0.1) is 29.2 Å². The second-order valence-corrected chi connectivity index (χ2v) is 9.68. The first-order valence-corrected chi connectivity index (χ1v) is 12.2. The molecule has 178 valence electrons. The molecule has 1 atom stereocenters. The largest absolute Gasteiger partial charge is 0.396 e. The lowest BCUT2D eigenvalue weighted by Gasteiger charge is -2.32. The summed E-state index contributed by atoms with van der Waals surface area (Å²) in [5.74, 6) is -0.250. The molecule has 1 aliphatic heterocycles. The van der Waals surface area contributed by atoms with Crippen molar-refractivity contribution in [2.45, 2.75) is 35.6 Å². The number of nitrogen functional groups attached to an aromatic ring is 1. The average Bonchev–Trinajstić information content (AvgIpc) is 3.46. The Morgan fingerprint density at radius 1 is 1.31 bits per heavy atom. The summed E-state index contributed by atoms with van der Waals surface area (Å²) in [4.78, 5) is 15.4. The summed E-state index contributed by atoms with van der Waals surface area (Å²) in [6.45, 7) is 2.68. The van der Waals surface area contributed by atoms with Crippen molar-refractivity contribution in [2.24, 2.45) is 0 Å². The second-order valence-electron chi connectivity index (χ2n) is 8.60. The topological polar surface area (TPSA) is 125 Å². The van der Waals surface area contributed by atoms with Crippen LogP contribution in [-0.2, 0) is 4.79 Å². The number of nitrogens with zero attached hydrogens (tertiary/aromatic N) is 6. The van der Waals surface area contributed by atoms with Crippen molar-refractivity contribution in [2.75, 3.05) is 25.4 Å². The van der Waals surface area contributed by atoms with E-state index in [2.05, 4.69) is 17.2 Å². The molecule has 0 aliphatic carbocycles. The molecule has 9 nitrogen and oxygen atoms in total. The highest BCUT2D eigenvalue weighted by atomic mass is 32.2. The summed E-state index contributed by atoms with van der Waals surface area (Å²) < 4.78 is 3.70. The van der Waals surface area contributed by atoms with Gasteiger partial charge in [-0.3, -0.25) is 9.48 Å². The normalized spacial score (nSPS) is 15.9. The number of aliphatic hydroxyl groups is 1. The van der Waals surface area contributed by atoms with Gasteiger partial charge in [0.15, 0.2) is 0 Å². The third-order valence-corrected chi connectivity index (χ3v) is 7.43. The Labute approximate surface area is 206 Å². The van der Waals surface area contributed by atoms with Gasteiger partial charge >= 0.3 is 0 Å². The summed E-state index contributed by atoms with van der Waals surface area (Å²) in [6.07, 6.45) is 7.35. The van der Waals surface area contributed by atoms with Gasteiger partial charge in [-0.1, -0.05) is 23.9 Å². The number of hydrogen-bond donors (Lipinski definition) is 2. The van der Waals surface area contributed by atoms with Crippen LogP contribution in [0.1, 0.15) is 30.1 Å². The molecule has 3 N–H and O–H groups in total. The SMILES string of the molecule is Cc1nn([C@H]2CCCN(C(=O)CO)C2)cc1-c1cc(Sc2ccccc2C#N)c2c(N)cnn2c1. The number of fused-ring (bicyclic) bond motifs is 1. The van der Waals surface area contributed by atoms with E-state index in [4.69, 9.17) is 10.8 Å². The van der Waals surface area contributed by atoms with Crippen LogP contribution in [0.3, 0.4) is 0 Å². The van der Waals surface area contributed by atoms with Crippen LogP contribution in [0.15, 0.2) is 58.7 Å². The first-order valence-electron chi connectivity index (χ1n) is 11.4. The maximum atomic E-state index is 12.0. The molecular formula is C25H25N7O2S. The molecule has 0 bridgehead atoms. The van der Waals surface area contributed by atoms with Gasteiger partial charge in [0.1, 0.15) is 18.2 Å². The Balaban J connectivity index is 1.53. The van der Waals surface area contributed by atoms with Gasteiger partial charge in [-0.25, -0.2) is 4.52 Å². The van der Waals surface area contributed by atoms with Crippen LogP contribution in [0.5, 0.6) is 0 Å². The number of aryl methyl sites for hydroxylation is 1. The average molecular weight is 488 g/mol. The molecule has 10 heteroatoms. The van der Waals surface area contributed by atoms with Gasteiger partial charge in [-0.05, 0) is 38.0 Å². The van der Waals surface area contributed by atoms with Gasteiger partial charge < -0.3 is 15.7 Å². The Kier molecular flexibility index (Phi) is 6.19. The number of carbonyl (C=O) groups is 1. The van der Waals surface area contributed by atoms with Crippen molar-refractivity contribution in [1.82, 2.24) is 24.3 Å². The maximum Gasteiger partial charge on any atom is 0.248 e. The fourth-order valence-corrected chi connectivity index (χ4v) is 5.65. The summed E-state index contributed by atoms with van der Waals surface area (Å²) in [6, 6.07) is 11.8. The number of hydrogen-bond acceptors (Lipinski definition) is 7. The van der Waals surface area contributed by atoms with E-state index in [9.17, 15) is 15.2 Å². The van der Waals surface area contributed by atoms with Gasteiger partial charge in [-0.15, -0.1) is 0 Å². The Hall–Kier alpha value is -3.81. The third kappa shape index (κ3) is 4.36. The maximum absolute atomic E-state index is 12.0. The number of aromatic nitrogens is 4. The number of anilines is 1. The zero-order valence-corrected chi connectivity index (χ0v) is 20.1. The van der Waals surface area contributed by atoms with E-state index in [1.54, 1.807) is 21.7 Å². The van der Waals surface area contributed by atoms with Crippen LogP contribution in [0.25, 0.3) is 16.6 Å². The minimum atomic E-state index is -0.474. The zero-order chi connectivity index (χ0) is 24.5. The molecule has 1 aliphatic rings. The number of benzene rings is 1. The fourth-order valence-electron chi connectivity index (χ4n) is 4.55. The summed E-state index contributed by atoms with van der Waals surface area (Å²) >= 11 is 1.48. The Morgan fingerprint density at radius 2 is 2.14 bits per heavy atom. The molecule has 0 saturated carbocycles. The molecule has 5 rings (SSSR count). The number of likely N-dealkylation sites (tertiary alicyclic amines) is 1. The molecule has 4 heterocycles. The standard InChI is InChI=1S/C25H25N7O2S/c1-16-20(14-31(29-16)19-6-4-8-30(13-19)24(34)15-33)18-9-23(25-21(27)11-28-32(25)12-18)35-22-7-3-2-5-17(22)10-26/h2-3,5,7,9,11-12,14,19,33H,4,6,8,13,15,27H2,1H3/t19-/m0/s1. The number of piperidine rings is 1. The van der Waals surface area contributed by atoms with Gasteiger partial charge in [0.2, 0.25) is 5.91 Å². The summed E-state index contributed by atoms with van der Waals surface area (Å²) in [7, 11) is 0. The lowest BCUT2D eigenvalue weighted by Crippen LogP contribution is -2.42. The number of carbonyl (C=O) groups excluding carboxylic acids is 1. The number of nitrogens with two attached hydrogens (primary N) is 1. The lowest BCUT2D eigenvalue weighted by molar-refractivity contribution is -0.135. The lowest BCUT2D eigenvalue weighted by atomic mass is 10.1. The van der Waals surface area contributed by atoms with Crippen molar-refractivity contribution < 1.29 is 9.90 Å². The van der Waals surface area contributed by atoms with Crippen LogP contribution < -0.4 is 5.73 Å². The molecule has 0 radical (unpaired) electrons. The van der Waals surface area contributed by atoms with Crippen molar-refractivity contribution in [3.63, 3.8) is 0 Å². The predicted molar refractivity (Wildman–Crippen MR) is 133 cm³/mol. The van der Waals surface area contributed by atoms with Crippen LogP contribution in [0.4, 0.5) is 5.69 Å². The number of nitriles is 1. The van der Waals surface area contributed by atoms with Crippen molar-refractivity contribution in [1.29, 1.82) is 5.26 Å². The molecule has 1 saturated heterocycles. The van der Waals surface area contributed by atoms with E-state index in [0.29, 0.717) is 24.3 Å². The fraction of sp³-hybridized carbons (Fsp3) is 0.280. The predicted octanol–water partition coefficient (Wildman–Crippen LogP) is 3.27. The van der Waals surface area contributed by atoms with E-state index in [0.717, 1.165) is 45.0 Å². The molecule has 1 amide bonds. The highest BCUT2D eigenvalue weighted by Gasteiger charge is 2.26. The minimum absolute atomic E-state index is 0.0483. The minimum Gasteiger partial charge on any atom is -0.396 e. The van der Waals surface area contributed by atoms with Crippen LogP contribution in [0, 0.1) is 18.3 Å². The van der Waals surface area contributed by atoms with Crippen molar-refractivity contribution in [3.05, 3.63) is 60.2 Å². The van der Waals surface area contributed by atoms with E-state index < -0.39 is 6.61 Å². The smallest absolute Gasteiger partial charge is 0.248 e. The first kappa shape index (κ1) is 23.0. The molecule has 0 spiro atoms. The highest BCUT2D eigenvalue weighted by Crippen LogP contribution is 2.38. The number of aliphatic hydroxyl groups excluding tert-OH is 1. The first-order chi connectivity index (χ1) is 17.0. The third-order valence-electron chi connectivity index (χ3n) is 6.32. The molecular weight excluding hydrogens is 462 g/mol. The van der Waals surface area contributed by atoms with Crippen molar-refractivity contribution in [3.8, 4) is 17.2 Å². The molecule has 1 aromatic carbocycles. The summed E-state index contributed by atoms with van der Waals surface area (Å²) in [5, 5.41) is 28.0. The number of pyridine rings is 1.